The van der Waals surface area contributed by atoms with Crippen molar-refractivity contribution in [3.8, 4) is 0 Å². The van der Waals surface area contributed by atoms with Gasteiger partial charge in [-0.3, -0.25) is 0 Å². The van der Waals surface area contributed by atoms with E-state index in [1.54, 1.807) is 6.08 Å². The Bertz CT molecular complexity index is 200. The lowest BCUT2D eigenvalue weighted by Gasteiger charge is -1.65. The molecule has 0 spiro atoms. The molecule has 0 unspecified atom stereocenters. The molecule has 5 heteroatoms. The van der Waals surface area contributed by atoms with E-state index < -0.39 is 11.9 Å². The first kappa shape index (κ1) is 18.7. The van der Waals surface area contributed by atoms with Crippen molar-refractivity contribution in [3.05, 3.63) is 37.6 Å². The zero-order valence-electron chi connectivity index (χ0n) is 8.59. The SMILES string of the molecule is C=CC(=O)O.C=CC(=O)O.CCC=CO. The quantitative estimate of drug-likeness (QED) is 0.495. The first-order chi connectivity index (χ1) is 6.95. The lowest BCUT2D eigenvalue weighted by Crippen LogP contribution is -1.82. The molecule has 0 aliphatic rings. The van der Waals surface area contributed by atoms with Crippen molar-refractivity contribution in [2.75, 3.05) is 0 Å². The van der Waals surface area contributed by atoms with Crippen molar-refractivity contribution in [3.63, 3.8) is 0 Å². The van der Waals surface area contributed by atoms with Gasteiger partial charge in [-0.2, -0.15) is 0 Å². The third-order valence-electron chi connectivity index (χ3n) is 0.690. The van der Waals surface area contributed by atoms with Gasteiger partial charge in [0, 0.05) is 12.2 Å². The van der Waals surface area contributed by atoms with Crippen molar-refractivity contribution in [2.24, 2.45) is 0 Å². The Morgan fingerprint density at radius 1 is 1.13 bits per heavy atom. The van der Waals surface area contributed by atoms with Gasteiger partial charge in [0.25, 0.3) is 0 Å². The van der Waals surface area contributed by atoms with E-state index in [0.717, 1.165) is 24.8 Å². The maximum atomic E-state index is 9.25. The van der Waals surface area contributed by atoms with Crippen LogP contribution in [0, 0.1) is 0 Å². The van der Waals surface area contributed by atoms with Gasteiger partial charge < -0.3 is 15.3 Å². The summed E-state index contributed by atoms with van der Waals surface area (Å²) < 4.78 is 0. The van der Waals surface area contributed by atoms with Crippen LogP contribution in [0.25, 0.3) is 0 Å². The van der Waals surface area contributed by atoms with E-state index in [-0.39, 0.29) is 0 Å². The Morgan fingerprint density at radius 2 is 1.40 bits per heavy atom. The van der Waals surface area contributed by atoms with Crippen LogP contribution in [0.15, 0.2) is 37.6 Å². The molecule has 0 aliphatic heterocycles. The van der Waals surface area contributed by atoms with Gasteiger partial charge in [0.15, 0.2) is 0 Å². The monoisotopic (exact) mass is 216 g/mol. The first-order valence-electron chi connectivity index (χ1n) is 3.96. The van der Waals surface area contributed by atoms with Gasteiger partial charge in [-0.25, -0.2) is 9.59 Å². The summed E-state index contributed by atoms with van der Waals surface area (Å²) >= 11 is 0. The number of aliphatic hydroxyl groups is 1. The van der Waals surface area contributed by atoms with E-state index in [0.29, 0.717) is 0 Å². The average Bonchev–Trinajstić information content (AvgIpc) is 2.20. The van der Waals surface area contributed by atoms with Gasteiger partial charge in [0.05, 0.1) is 6.26 Å². The Labute approximate surface area is 88.7 Å². The first-order valence-corrected chi connectivity index (χ1v) is 3.96. The number of rotatable bonds is 3. The predicted molar refractivity (Wildman–Crippen MR) is 57.7 cm³/mol. The number of carboxylic acid groups (broad SMARTS) is 2. The molecule has 0 radical (unpaired) electrons. The summed E-state index contributed by atoms with van der Waals surface area (Å²) in [6, 6.07) is 0. The molecule has 86 valence electrons. The van der Waals surface area contributed by atoms with Crippen LogP contribution in [0.1, 0.15) is 13.3 Å². The molecule has 0 rings (SSSR count). The molecule has 3 N–H and O–H groups in total. The zero-order chi connectivity index (χ0) is 12.7. The number of hydrogen-bond donors (Lipinski definition) is 3. The number of aliphatic carboxylic acids is 2. The van der Waals surface area contributed by atoms with Gasteiger partial charge in [-0.1, -0.05) is 26.2 Å². The molecule has 0 atom stereocenters. The van der Waals surface area contributed by atoms with Gasteiger partial charge in [-0.05, 0) is 6.42 Å². The fraction of sp³-hybridized carbons (Fsp3) is 0.200. The molecule has 0 heterocycles. The van der Waals surface area contributed by atoms with Gasteiger partial charge in [0.1, 0.15) is 0 Å². The van der Waals surface area contributed by atoms with E-state index >= 15 is 0 Å². The second kappa shape index (κ2) is 17.9. The second-order valence-electron chi connectivity index (χ2n) is 1.88. The number of carbonyl (C=O) groups is 2. The van der Waals surface area contributed by atoms with Crippen molar-refractivity contribution >= 4 is 11.9 Å². The van der Waals surface area contributed by atoms with Crippen molar-refractivity contribution < 1.29 is 24.9 Å². The van der Waals surface area contributed by atoms with Crippen LogP contribution in [0.2, 0.25) is 0 Å². The summed E-state index contributed by atoms with van der Waals surface area (Å²) in [5, 5.41) is 23.1. The fourth-order valence-electron chi connectivity index (χ4n) is 0.105. The zero-order valence-corrected chi connectivity index (χ0v) is 8.59. The van der Waals surface area contributed by atoms with Crippen molar-refractivity contribution in [1.82, 2.24) is 0 Å². The maximum absolute atomic E-state index is 9.25. The minimum Gasteiger partial charge on any atom is -0.516 e. The van der Waals surface area contributed by atoms with Crippen molar-refractivity contribution in [1.29, 1.82) is 0 Å². The molecule has 0 aliphatic carbocycles. The van der Waals surface area contributed by atoms with E-state index in [4.69, 9.17) is 15.3 Å². The third-order valence-corrected chi connectivity index (χ3v) is 0.690. The average molecular weight is 216 g/mol. The smallest absolute Gasteiger partial charge is 0.327 e. The van der Waals surface area contributed by atoms with Crippen LogP contribution >= 0.6 is 0 Å². The van der Waals surface area contributed by atoms with Gasteiger partial charge in [0.2, 0.25) is 0 Å². The van der Waals surface area contributed by atoms with E-state index in [1.165, 1.54) is 0 Å². The lowest BCUT2D eigenvalue weighted by atomic mass is 10.5. The summed E-state index contributed by atoms with van der Waals surface area (Å²) in [5.74, 6) is -1.96. The minimum absolute atomic E-state index is 0.833. The highest BCUT2D eigenvalue weighted by molar-refractivity contribution is 5.79. The highest BCUT2D eigenvalue weighted by atomic mass is 16.4. The van der Waals surface area contributed by atoms with Gasteiger partial charge in [-0.15, -0.1) is 0 Å². The van der Waals surface area contributed by atoms with Crippen LogP contribution in [0.4, 0.5) is 0 Å². The molecular weight excluding hydrogens is 200 g/mol. The molecule has 0 fully saturated rings. The summed E-state index contributed by atoms with van der Waals surface area (Å²) in [7, 11) is 0. The molecule has 0 aromatic rings. The highest BCUT2D eigenvalue weighted by Crippen LogP contribution is 1.71. The van der Waals surface area contributed by atoms with Gasteiger partial charge >= 0.3 is 11.9 Å². The van der Waals surface area contributed by atoms with Crippen LogP contribution in [-0.2, 0) is 9.59 Å². The molecule has 0 saturated carbocycles. The van der Waals surface area contributed by atoms with E-state index in [2.05, 4.69) is 13.2 Å². The number of aliphatic hydroxyl groups excluding tert-OH is 1. The molecule has 0 bridgehead atoms. The molecule has 0 aromatic heterocycles. The molecule has 0 aromatic carbocycles. The fourth-order valence-corrected chi connectivity index (χ4v) is 0.105. The van der Waals surface area contributed by atoms with Crippen LogP contribution in [0.5, 0.6) is 0 Å². The van der Waals surface area contributed by atoms with Crippen LogP contribution in [0.3, 0.4) is 0 Å². The van der Waals surface area contributed by atoms with Crippen molar-refractivity contribution in [2.45, 2.75) is 13.3 Å². The largest absolute Gasteiger partial charge is 0.516 e. The normalized spacial score (nSPS) is 7.53. The van der Waals surface area contributed by atoms with E-state index in [9.17, 15) is 9.59 Å². The lowest BCUT2D eigenvalue weighted by molar-refractivity contribution is -0.132. The second-order valence-corrected chi connectivity index (χ2v) is 1.88. The Morgan fingerprint density at radius 3 is 1.40 bits per heavy atom. The summed E-state index contributed by atoms with van der Waals surface area (Å²) in [6.07, 6.45) is 5.32. The Hall–Kier alpha value is -2.04. The summed E-state index contributed by atoms with van der Waals surface area (Å²) in [6.45, 7) is 7.89. The molecule has 0 saturated heterocycles. The highest BCUT2D eigenvalue weighted by Gasteiger charge is 1.73. The summed E-state index contributed by atoms with van der Waals surface area (Å²) in [5.41, 5.74) is 0. The molecule has 0 amide bonds. The Balaban J connectivity index is -0.000000144. The number of carboxylic acids is 2. The predicted octanol–water partition coefficient (Wildman–Crippen LogP) is 1.98. The minimum atomic E-state index is -0.981. The third kappa shape index (κ3) is 75.7. The number of hydrogen-bond acceptors (Lipinski definition) is 3. The standard InChI is InChI=1S/C4H8O.2C3H4O2/c1-2-3-4-5;2*1-2-3(4)5/h3-5H,2H2,1H3;2*2H,1H2,(H,4,5). The molecule has 5 nitrogen and oxygen atoms in total. The van der Waals surface area contributed by atoms with Crippen LogP contribution < -0.4 is 0 Å². The Kier molecular flexibility index (Phi) is 22.3. The van der Waals surface area contributed by atoms with Crippen LogP contribution in [-0.4, -0.2) is 27.3 Å². The molecule has 15 heavy (non-hydrogen) atoms. The topological polar surface area (TPSA) is 94.8 Å². The summed E-state index contributed by atoms with van der Waals surface area (Å²) in [4.78, 5) is 18.5. The molecular formula is C10H16O5. The maximum Gasteiger partial charge on any atom is 0.327 e. The van der Waals surface area contributed by atoms with E-state index in [1.807, 2.05) is 6.92 Å². The number of allylic oxidation sites excluding steroid dienone is 1.